The van der Waals surface area contributed by atoms with E-state index < -0.39 is 0 Å². The maximum Gasteiger partial charge on any atom is 0.00831 e. The lowest BCUT2D eigenvalue weighted by Crippen LogP contribution is -2.01. The van der Waals surface area contributed by atoms with Gasteiger partial charge in [-0.05, 0) is 222 Å². The zero-order valence-electron chi connectivity index (χ0n) is 53.3. The fourth-order valence-corrected chi connectivity index (χ4v) is 13.6. The Hall–Kier alpha value is -6.54. The van der Waals surface area contributed by atoms with Crippen molar-refractivity contribution in [2.45, 2.75) is 208 Å². The van der Waals surface area contributed by atoms with Crippen LogP contribution in [0.1, 0.15) is 197 Å². The van der Waals surface area contributed by atoms with E-state index >= 15 is 0 Å². The number of unbranched alkanes of at least 4 members (excludes halogenated alkanes) is 6. The van der Waals surface area contributed by atoms with E-state index in [9.17, 15) is 0 Å². The van der Waals surface area contributed by atoms with Crippen LogP contribution in [0.5, 0.6) is 0 Å². The molecule has 0 spiro atoms. The number of thiophene rings is 1. The Bertz CT molecular complexity index is 3240. The molecule has 0 aliphatic rings. The predicted molar refractivity (Wildman–Crippen MR) is 375 cm³/mol. The molecule has 444 valence electrons. The molecule has 0 atom stereocenters. The summed E-state index contributed by atoms with van der Waals surface area (Å²) in [5.41, 5.74) is 25.4. The molecule has 0 saturated carbocycles. The summed E-state index contributed by atoms with van der Waals surface area (Å²) in [6.07, 6.45) is 31.0. The van der Waals surface area contributed by atoms with Crippen LogP contribution in [0, 0.1) is 0 Å². The van der Waals surface area contributed by atoms with E-state index in [0.717, 1.165) is 70.6 Å². The third kappa shape index (κ3) is 20.6. The molecule has 0 saturated heterocycles. The molecule has 1 heterocycles. The van der Waals surface area contributed by atoms with Crippen molar-refractivity contribution in [1.82, 2.24) is 0 Å². The first kappa shape index (κ1) is 64.5. The van der Waals surface area contributed by atoms with Crippen molar-refractivity contribution < 1.29 is 0 Å². The molecule has 9 rings (SSSR count). The van der Waals surface area contributed by atoms with E-state index in [-0.39, 0.29) is 0 Å². The third-order valence-corrected chi connectivity index (χ3v) is 18.8. The van der Waals surface area contributed by atoms with Gasteiger partial charge in [-0.1, -0.05) is 281 Å². The minimum absolute atomic E-state index is 1.07. The number of hydrogen-bond acceptors (Lipinski definition) is 1. The maximum absolute atomic E-state index is 2.39. The topological polar surface area (TPSA) is 0 Å². The van der Waals surface area contributed by atoms with E-state index in [1.807, 2.05) is 0 Å². The highest BCUT2D eigenvalue weighted by Crippen LogP contribution is 2.35. The molecule has 0 aliphatic carbocycles. The largest absolute Gasteiger partial charge is 0.145 e. The van der Waals surface area contributed by atoms with Crippen LogP contribution in [0.15, 0.2) is 194 Å². The lowest BCUT2D eigenvalue weighted by molar-refractivity contribution is 0.717. The van der Waals surface area contributed by atoms with Gasteiger partial charge in [-0.25, -0.2) is 0 Å². The average molecular weight is 1140 g/mol. The highest BCUT2D eigenvalue weighted by atomic mass is 32.1. The summed E-state index contributed by atoms with van der Waals surface area (Å²) in [6.45, 7) is 13.3. The Morgan fingerprint density at radius 3 is 0.588 bits per heavy atom. The normalized spacial score (nSPS) is 11.2. The third-order valence-electron chi connectivity index (χ3n) is 17.4. The number of aryl methyl sites for hydroxylation is 10. The summed E-state index contributed by atoms with van der Waals surface area (Å²) in [4.78, 5) is 3.29. The second-order valence-electron chi connectivity index (χ2n) is 24.3. The van der Waals surface area contributed by atoms with Crippen molar-refractivity contribution in [2.24, 2.45) is 0 Å². The summed E-state index contributed by atoms with van der Waals surface area (Å²) >= 11 is 2.17. The van der Waals surface area contributed by atoms with Gasteiger partial charge in [0.25, 0.3) is 0 Å². The van der Waals surface area contributed by atoms with Gasteiger partial charge in [0.1, 0.15) is 0 Å². The minimum atomic E-state index is 1.07. The Balaban J connectivity index is 0.00000307. The molecule has 0 N–H and O–H groups in total. The molecule has 0 bridgehead atoms. The van der Waals surface area contributed by atoms with Crippen LogP contribution in [0.2, 0.25) is 0 Å². The van der Waals surface area contributed by atoms with Crippen LogP contribution in [0.4, 0.5) is 0 Å². The fourth-order valence-electron chi connectivity index (χ4n) is 12.2. The molecule has 1 aromatic heterocycles. The van der Waals surface area contributed by atoms with Gasteiger partial charge in [-0.2, -0.15) is 0 Å². The van der Waals surface area contributed by atoms with Gasteiger partial charge in [0.15, 0.2) is 0 Å². The van der Waals surface area contributed by atoms with E-state index in [0.29, 0.717) is 0 Å². The van der Waals surface area contributed by atoms with E-state index in [4.69, 9.17) is 0 Å². The molecule has 0 unspecified atom stereocenters. The number of rotatable bonds is 33. The predicted octanol–water partition coefficient (Wildman–Crippen LogP) is 24.3. The Kier molecular flexibility index (Phi) is 27.2. The molecule has 0 aliphatic heterocycles. The average Bonchev–Trinajstić information content (AvgIpc) is 3.80. The van der Waals surface area contributed by atoms with Crippen molar-refractivity contribution >= 4 is 11.3 Å². The molecule has 8 aromatic carbocycles. The van der Waals surface area contributed by atoms with Crippen molar-refractivity contribution in [1.29, 1.82) is 0 Å². The minimum Gasteiger partial charge on any atom is -0.145 e. The molecule has 0 nitrogen and oxygen atoms in total. The summed E-state index contributed by atoms with van der Waals surface area (Å²) in [5, 5.41) is 0. The van der Waals surface area contributed by atoms with Crippen LogP contribution < -0.4 is 0 Å². The first-order valence-electron chi connectivity index (χ1n) is 33.7. The first-order valence-corrected chi connectivity index (χ1v) is 34.5. The van der Waals surface area contributed by atoms with Crippen molar-refractivity contribution in [3.63, 3.8) is 0 Å². The van der Waals surface area contributed by atoms with Gasteiger partial charge >= 0.3 is 0 Å². The lowest BCUT2D eigenvalue weighted by atomic mass is 9.92. The van der Waals surface area contributed by atoms with Crippen LogP contribution in [-0.2, 0) is 77.0 Å². The lowest BCUT2D eigenvalue weighted by Gasteiger charge is -2.12. The summed E-state index contributed by atoms with van der Waals surface area (Å²) in [7, 11) is 0. The van der Waals surface area contributed by atoms with Gasteiger partial charge in [0, 0.05) is 9.75 Å². The van der Waals surface area contributed by atoms with Crippen LogP contribution in [0.25, 0.3) is 44.5 Å². The molecule has 0 radical (unpaired) electrons. The summed E-state index contributed by atoms with van der Waals surface area (Å²) in [5.74, 6) is 0. The van der Waals surface area contributed by atoms with Crippen LogP contribution in [-0.4, -0.2) is 0 Å². The Morgan fingerprint density at radius 1 is 0.200 bits per heavy atom. The molecular weight excluding hydrogens is 1040 g/mol. The van der Waals surface area contributed by atoms with Gasteiger partial charge in [-0.15, -0.1) is 11.3 Å². The van der Waals surface area contributed by atoms with E-state index in [1.54, 1.807) is 20.9 Å². The molecule has 0 amide bonds. The second-order valence-corrected chi connectivity index (χ2v) is 25.5. The zero-order chi connectivity index (χ0) is 59.3. The van der Waals surface area contributed by atoms with Gasteiger partial charge in [0.2, 0.25) is 0 Å². The number of benzene rings is 8. The van der Waals surface area contributed by atoms with Crippen molar-refractivity contribution in [3.8, 4) is 44.5 Å². The monoisotopic (exact) mass is 1140 g/mol. The number of hydrogen-bond donors (Lipinski definition) is 0. The fraction of sp³-hybridized carbons (Fsp3) is 0.381. The van der Waals surface area contributed by atoms with Crippen molar-refractivity contribution in [3.05, 3.63) is 260 Å². The SMILES string of the molecule is CCC.CCCCCc1ccc(-c2ccc(CCCc3sc(CCCc4ccc(-c5ccc(CC)cc5)cc4)c(CCCc4ccc(-c5ccc(CCCCC)cc5)cc4)c3CCCc3ccc(-c4ccc(CCCCC)cc4)cc3)cc2)cc1. The summed E-state index contributed by atoms with van der Waals surface area (Å²) in [6, 6.07) is 74.9. The Morgan fingerprint density at radius 2 is 0.388 bits per heavy atom. The molecule has 1 heteroatoms. The molecule has 0 fully saturated rings. The Labute approximate surface area is 520 Å². The quantitative estimate of drug-likeness (QED) is 0.0360. The highest BCUT2D eigenvalue weighted by Gasteiger charge is 2.19. The van der Waals surface area contributed by atoms with Gasteiger partial charge < -0.3 is 0 Å². The standard InChI is InChI=1S/C81H94S.C3H8/c1-5-9-12-19-63-32-48-72(49-33-63)75-54-38-66(39-55-75)22-15-26-78-79(27-16-23-67-40-56-76(57-41-67)73-50-34-64(35-51-73)20-13-10-6-2)81(29-18-25-69-44-60-77(61-45-69)74-52-36-65(37-53-74)21-14-11-7-3)82-80(78)28-17-24-68-42-58-71(59-43-68)70-46-30-62(8-4)31-47-70;1-3-2/h30-61H,5-29H2,1-4H3;3H2,1-2H3. The van der Waals surface area contributed by atoms with Crippen LogP contribution in [0.3, 0.4) is 0 Å². The first-order chi connectivity index (χ1) is 41.9. The van der Waals surface area contributed by atoms with Gasteiger partial charge in [-0.3, -0.25) is 0 Å². The van der Waals surface area contributed by atoms with E-state index in [1.165, 1.54) is 185 Å². The second kappa shape index (κ2) is 35.8. The maximum atomic E-state index is 2.39. The van der Waals surface area contributed by atoms with Crippen molar-refractivity contribution in [2.75, 3.05) is 0 Å². The van der Waals surface area contributed by atoms with E-state index in [2.05, 4.69) is 247 Å². The molecular formula is C84H102S. The molecule has 85 heavy (non-hydrogen) atoms. The van der Waals surface area contributed by atoms with Gasteiger partial charge in [0.05, 0.1) is 0 Å². The smallest absolute Gasteiger partial charge is 0.00831 e. The van der Waals surface area contributed by atoms with Crippen LogP contribution >= 0.6 is 11.3 Å². The highest BCUT2D eigenvalue weighted by molar-refractivity contribution is 7.12. The zero-order valence-corrected chi connectivity index (χ0v) is 54.1. The summed E-state index contributed by atoms with van der Waals surface area (Å²) < 4.78 is 0. The molecule has 9 aromatic rings.